The zero-order chi connectivity index (χ0) is 13.1. The van der Waals surface area contributed by atoms with Gasteiger partial charge in [-0.25, -0.2) is 9.97 Å². The summed E-state index contributed by atoms with van der Waals surface area (Å²) in [5.41, 5.74) is 5.70. The van der Waals surface area contributed by atoms with E-state index in [2.05, 4.69) is 9.97 Å². The lowest BCUT2D eigenvalue weighted by Crippen LogP contribution is -2.04. The van der Waals surface area contributed by atoms with Gasteiger partial charge in [0.15, 0.2) is 11.5 Å². The third-order valence-electron chi connectivity index (χ3n) is 2.48. The fourth-order valence-electron chi connectivity index (χ4n) is 1.73. The highest BCUT2D eigenvalue weighted by Crippen LogP contribution is 2.27. The number of nitrogens with two attached hydrogens (primary N) is 1. The van der Waals surface area contributed by atoms with Crippen LogP contribution in [-0.4, -0.2) is 19.5 Å². The molecule has 0 bridgehead atoms. The van der Waals surface area contributed by atoms with E-state index in [4.69, 9.17) is 5.73 Å². The maximum absolute atomic E-state index is 11.0. The fourth-order valence-corrected chi connectivity index (χ4v) is 1.73. The van der Waals surface area contributed by atoms with Crippen LogP contribution in [-0.2, 0) is 6.54 Å². The Kier molecular flexibility index (Phi) is 3.22. The van der Waals surface area contributed by atoms with Crippen molar-refractivity contribution < 1.29 is 4.92 Å². The van der Waals surface area contributed by atoms with Gasteiger partial charge in [0, 0.05) is 25.0 Å². The first kappa shape index (κ1) is 12.0. The minimum atomic E-state index is -0.479. The molecular formula is C11H13N5O2. The largest absolute Gasteiger partial charge is 0.384 e. The molecule has 0 spiro atoms. The van der Waals surface area contributed by atoms with E-state index in [0.717, 1.165) is 13.0 Å². The molecular weight excluding hydrogens is 234 g/mol. The van der Waals surface area contributed by atoms with Crippen LogP contribution in [0.15, 0.2) is 24.5 Å². The fraction of sp³-hybridized carbons (Fsp3) is 0.273. The van der Waals surface area contributed by atoms with Gasteiger partial charge >= 0.3 is 0 Å². The zero-order valence-electron chi connectivity index (χ0n) is 9.91. The molecule has 0 saturated heterocycles. The van der Waals surface area contributed by atoms with Crippen LogP contribution >= 0.6 is 0 Å². The highest BCUT2D eigenvalue weighted by molar-refractivity contribution is 5.65. The molecule has 0 atom stereocenters. The number of hydrogen-bond donors (Lipinski definition) is 1. The average molecular weight is 247 g/mol. The molecule has 0 saturated carbocycles. The molecule has 2 aromatic rings. The second kappa shape index (κ2) is 4.82. The smallest absolute Gasteiger partial charge is 0.298 e. The normalized spacial score (nSPS) is 10.5. The standard InChI is InChI=1S/C11H13N5O2/c1-2-6-15-7-5-13-11(15)10-8(16(17)18)3-4-9(12)14-10/h3-5,7H,2,6H2,1H3,(H2,12,14). The molecule has 0 unspecified atom stereocenters. The molecule has 0 radical (unpaired) electrons. The number of nitrogen functional groups attached to an aromatic ring is 1. The van der Waals surface area contributed by atoms with E-state index in [0.29, 0.717) is 5.82 Å². The maximum atomic E-state index is 11.0. The van der Waals surface area contributed by atoms with Crippen LogP contribution < -0.4 is 5.73 Å². The summed E-state index contributed by atoms with van der Waals surface area (Å²) >= 11 is 0. The van der Waals surface area contributed by atoms with E-state index < -0.39 is 4.92 Å². The van der Waals surface area contributed by atoms with Crippen molar-refractivity contribution >= 4 is 11.5 Å². The molecule has 2 rings (SSSR count). The summed E-state index contributed by atoms with van der Waals surface area (Å²) in [6.45, 7) is 2.74. The summed E-state index contributed by atoms with van der Waals surface area (Å²) < 4.78 is 1.83. The van der Waals surface area contributed by atoms with Crippen molar-refractivity contribution in [2.24, 2.45) is 0 Å². The summed E-state index contributed by atoms with van der Waals surface area (Å²) in [6.07, 6.45) is 4.27. The van der Waals surface area contributed by atoms with Gasteiger partial charge < -0.3 is 10.3 Å². The van der Waals surface area contributed by atoms with E-state index in [1.807, 2.05) is 11.5 Å². The summed E-state index contributed by atoms with van der Waals surface area (Å²) in [5, 5.41) is 11.0. The summed E-state index contributed by atoms with van der Waals surface area (Å²) in [4.78, 5) is 18.7. The second-order valence-corrected chi connectivity index (χ2v) is 3.81. The van der Waals surface area contributed by atoms with Gasteiger partial charge in [0.25, 0.3) is 5.69 Å². The number of hydrogen-bond acceptors (Lipinski definition) is 5. The third kappa shape index (κ3) is 2.15. The van der Waals surface area contributed by atoms with Gasteiger partial charge in [-0.15, -0.1) is 0 Å². The van der Waals surface area contributed by atoms with Crippen LogP contribution in [0.2, 0.25) is 0 Å². The monoisotopic (exact) mass is 247 g/mol. The van der Waals surface area contributed by atoms with Gasteiger partial charge in [-0.3, -0.25) is 10.1 Å². The van der Waals surface area contributed by atoms with Crippen LogP contribution in [0.5, 0.6) is 0 Å². The maximum Gasteiger partial charge on any atom is 0.298 e. The van der Waals surface area contributed by atoms with Crippen LogP contribution in [0.25, 0.3) is 11.5 Å². The van der Waals surface area contributed by atoms with E-state index in [9.17, 15) is 10.1 Å². The highest BCUT2D eigenvalue weighted by Gasteiger charge is 2.20. The van der Waals surface area contributed by atoms with Gasteiger partial charge in [0.1, 0.15) is 5.82 Å². The number of pyridine rings is 1. The number of aromatic nitrogens is 3. The Labute approximate surface area is 103 Å². The number of nitro groups is 1. The molecule has 94 valence electrons. The molecule has 7 heteroatoms. The van der Waals surface area contributed by atoms with E-state index in [-0.39, 0.29) is 17.2 Å². The quantitative estimate of drug-likeness (QED) is 0.656. The molecule has 7 nitrogen and oxygen atoms in total. The van der Waals surface area contributed by atoms with E-state index >= 15 is 0 Å². The topological polar surface area (TPSA) is 99.9 Å². The molecule has 0 aliphatic heterocycles. The zero-order valence-corrected chi connectivity index (χ0v) is 9.91. The lowest BCUT2D eigenvalue weighted by Gasteiger charge is -2.06. The summed E-state index contributed by atoms with van der Waals surface area (Å²) in [7, 11) is 0. The number of nitrogens with zero attached hydrogens (tertiary/aromatic N) is 4. The minimum Gasteiger partial charge on any atom is -0.384 e. The van der Waals surface area contributed by atoms with Crippen molar-refractivity contribution in [1.29, 1.82) is 0 Å². The Morgan fingerprint density at radius 1 is 1.50 bits per heavy atom. The van der Waals surface area contributed by atoms with E-state index in [1.165, 1.54) is 12.1 Å². The average Bonchev–Trinajstić information content (AvgIpc) is 2.77. The van der Waals surface area contributed by atoms with Crippen molar-refractivity contribution in [2.45, 2.75) is 19.9 Å². The van der Waals surface area contributed by atoms with Crippen molar-refractivity contribution in [1.82, 2.24) is 14.5 Å². The van der Waals surface area contributed by atoms with Gasteiger partial charge in [-0.1, -0.05) is 6.92 Å². The summed E-state index contributed by atoms with van der Waals surface area (Å²) in [6, 6.07) is 2.76. The molecule has 2 heterocycles. The predicted molar refractivity (Wildman–Crippen MR) is 66.8 cm³/mol. The van der Waals surface area contributed by atoms with Crippen molar-refractivity contribution in [3.63, 3.8) is 0 Å². The van der Waals surface area contributed by atoms with Crippen LogP contribution in [0.1, 0.15) is 13.3 Å². The van der Waals surface area contributed by atoms with Crippen molar-refractivity contribution in [3.8, 4) is 11.5 Å². The second-order valence-electron chi connectivity index (χ2n) is 3.81. The van der Waals surface area contributed by atoms with Gasteiger partial charge in [-0.2, -0.15) is 0 Å². The number of rotatable bonds is 4. The molecule has 2 aromatic heterocycles. The lowest BCUT2D eigenvalue weighted by atomic mass is 10.2. The van der Waals surface area contributed by atoms with Gasteiger partial charge in [0.2, 0.25) is 0 Å². The molecule has 0 amide bonds. The van der Waals surface area contributed by atoms with Crippen LogP contribution in [0.4, 0.5) is 11.5 Å². The summed E-state index contributed by atoms with van der Waals surface area (Å²) in [5.74, 6) is 0.706. The highest BCUT2D eigenvalue weighted by atomic mass is 16.6. The Morgan fingerprint density at radius 3 is 2.94 bits per heavy atom. The third-order valence-corrected chi connectivity index (χ3v) is 2.48. The first-order chi connectivity index (χ1) is 8.63. The minimum absolute atomic E-state index is 0.0900. The van der Waals surface area contributed by atoms with Crippen LogP contribution in [0.3, 0.4) is 0 Å². The van der Waals surface area contributed by atoms with Gasteiger partial charge in [-0.05, 0) is 12.5 Å². The number of anilines is 1. The first-order valence-corrected chi connectivity index (χ1v) is 5.56. The lowest BCUT2D eigenvalue weighted by molar-refractivity contribution is -0.384. The molecule has 2 N–H and O–H groups in total. The van der Waals surface area contributed by atoms with E-state index in [1.54, 1.807) is 12.4 Å². The van der Waals surface area contributed by atoms with Crippen molar-refractivity contribution in [3.05, 3.63) is 34.6 Å². The molecule has 0 aliphatic rings. The predicted octanol–water partition coefficient (Wildman–Crippen LogP) is 1.85. The molecule has 0 aromatic carbocycles. The van der Waals surface area contributed by atoms with Gasteiger partial charge in [0.05, 0.1) is 4.92 Å². The number of imidazole rings is 1. The molecule has 0 fully saturated rings. The molecule has 18 heavy (non-hydrogen) atoms. The Balaban J connectivity index is 2.58. The Bertz CT molecular complexity index is 579. The molecule has 0 aliphatic carbocycles. The van der Waals surface area contributed by atoms with Crippen LogP contribution in [0, 0.1) is 10.1 Å². The first-order valence-electron chi connectivity index (χ1n) is 5.56. The Morgan fingerprint density at radius 2 is 2.28 bits per heavy atom. The number of aryl methyl sites for hydroxylation is 1. The Hall–Kier alpha value is -2.44. The van der Waals surface area contributed by atoms with Crippen molar-refractivity contribution in [2.75, 3.05) is 5.73 Å². The SMILES string of the molecule is CCCn1ccnc1-c1nc(N)ccc1[N+](=O)[O-].